The van der Waals surface area contributed by atoms with Gasteiger partial charge in [-0.25, -0.2) is 4.68 Å². The molecule has 2 N–H and O–H groups in total. The third kappa shape index (κ3) is 2.98. The highest BCUT2D eigenvalue weighted by Gasteiger charge is 2.22. The molecule has 0 aliphatic rings. The topological polar surface area (TPSA) is 69.6 Å². The van der Waals surface area contributed by atoms with Crippen molar-refractivity contribution in [2.45, 2.75) is 23.4 Å². The lowest BCUT2D eigenvalue weighted by Gasteiger charge is -2.17. The Morgan fingerprint density at radius 3 is 2.76 bits per heavy atom. The lowest BCUT2D eigenvalue weighted by atomic mass is 10.2. The van der Waals surface area contributed by atoms with Crippen molar-refractivity contribution >= 4 is 34.7 Å². The maximum atomic E-state index is 6.01. The number of thiophene rings is 1. The smallest absolute Gasteiger partial charge is 0.209 e. The monoisotopic (exact) mass is 289 g/mol. The highest BCUT2D eigenvalue weighted by Crippen LogP contribution is 2.39. The minimum absolute atomic E-state index is 0.00795. The van der Waals surface area contributed by atoms with Gasteiger partial charge in [0.2, 0.25) is 5.16 Å². The standard InChI is InChI=1S/C9H12ClN5S2/c1-5(11)8(6-3-4-7(10)16-6)17-9-12-13-14-15(9)2/h3-5,8H,11H2,1-2H3. The summed E-state index contributed by atoms with van der Waals surface area (Å²) in [4.78, 5) is 1.14. The second-order valence-corrected chi connectivity index (χ2v) is 6.48. The summed E-state index contributed by atoms with van der Waals surface area (Å²) in [6.45, 7) is 1.97. The van der Waals surface area contributed by atoms with Crippen LogP contribution in [0.5, 0.6) is 0 Å². The molecule has 5 nitrogen and oxygen atoms in total. The van der Waals surface area contributed by atoms with E-state index in [4.69, 9.17) is 17.3 Å². The first-order valence-corrected chi connectivity index (χ1v) is 7.05. The molecular weight excluding hydrogens is 278 g/mol. The second kappa shape index (κ2) is 5.34. The second-order valence-electron chi connectivity index (χ2n) is 3.62. The number of tetrazole rings is 1. The van der Waals surface area contributed by atoms with E-state index in [9.17, 15) is 0 Å². The van der Waals surface area contributed by atoms with Gasteiger partial charge >= 0.3 is 0 Å². The summed E-state index contributed by atoms with van der Waals surface area (Å²) < 4.78 is 2.40. The van der Waals surface area contributed by atoms with Gasteiger partial charge in [0.25, 0.3) is 0 Å². The molecule has 2 aromatic rings. The fourth-order valence-electron chi connectivity index (χ4n) is 1.34. The van der Waals surface area contributed by atoms with E-state index in [0.29, 0.717) is 0 Å². The molecule has 0 aliphatic carbocycles. The Labute approximate surface area is 112 Å². The molecule has 92 valence electrons. The fraction of sp³-hybridized carbons (Fsp3) is 0.444. The van der Waals surface area contributed by atoms with E-state index < -0.39 is 0 Å². The molecule has 2 atom stereocenters. The summed E-state index contributed by atoms with van der Waals surface area (Å²) in [7, 11) is 1.81. The molecule has 0 spiro atoms. The third-order valence-corrected chi connectivity index (χ3v) is 5.12. The van der Waals surface area contributed by atoms with Crippen LogP contribution in [-0.4, -0.2) is 26.2 Å². The van der Waals surface area contributed by atoms with E-state index in [2.05, 4.69) is 15.5 Å². The van der Waals surface area contributed by atoms with Gasteiger partial charge in [-0.3, -0.25) is 0 Å². The maximum Gasteiger partial charge on any atom is 0.209 e. The van der Waals surface area contributed by atoms with Crippen LogP contribution >= 0.6 is 34.7 Å². The number of aromatic nitrogens is 4. The molecule has 0 aliphatic heterocycles. The predicted octanol–water partition coefficient (Wildman–Crippen LogP) is 2.11. The number of nitrogens with zero attached hydrogens (tertiary/aromatic N) is 4. The van der Waals surface area contributed by atoms with Crippen molar-refractivity contribution in [3.05, 3.63) is 21.3 Å². The maximum absolute atomic E-state index is 6.01. The van der Waals surface area contributed by atoms with Crippen LogP contribution in [0.15, 0.2) is 17.3 Å². The van der Waals surface area contributed by atoms with Crippen LogP contribution in [-0.2, 0) is 7.05 Å². The SMILES string of the molecule is CC(N)C(Sc1nnnn1C)c1ccc(Cl)s1. The van der Waals surface area contributed by atoms with Gasteiger partial charge in [0.15, 0.2) is 0 Å². The zero-order valence-corrected chi connectivity index (χ0v) is 11.8. The quantitative estimate of drug-likeness (QED) is 0.873. The Bertz CT molecular complexity index is 495. The molecule has 2 heterocycles. The van der Waals surface area contributed by atoms with Crippen molar-refractivity contribution in [1.82, 2.24) is 20.2 Å². The molecular formula is C9H12ClN5S2. The summed E-state index contributed by atoms with van der Waals surface area (Å²) in [6.07, 6.45) is 0. The van der Waals surface area contributed by atoms with E-state index in [1.165, 1.54) is 11.3 Å². The third-order valence-electron chi connectivity index (χ3n) is 2.17. The van der Waals surface area contributed by atoms with Crippen LogP contribution < -0.4 is 5.73 Å². The van der Waals surface area contributed by atoms with Crippen molar-refractivity contribution in [3.8, 4) is 0 Å². The number of halogens is 1. The molecule has 0 fully saturated rings. The molecule has 0 saturated carbocycles. The Morgan fingerprint density at radius 2 is 2.29 bits per heavy atom. The Balaban J connectivity index is 2.22. The first-order valence-electron chi connectivity index (χ1n) is 4.97. The molecule has 0 aromatic carbocycles. The molecule has 17 heavy (non-hydrogen) atoms. The van der Waals surface area contributed by atoms with Crippen molar-refractivity contribution in [2.75, 3.05) is 0 Å². The van der Waals surface area contributed by atoms with Crippen molar-refractivity contribution in [2.24, 2.45) is 12.8 Å². The van der Waals surface area contributed by atoms with Gasteiger partial charge in [-0.2, -0.15) is 0 Å². The molecule has 2 aromatic heterocycles. The molecule has 2 rings (SSSR count). The van der Waals surface area contributed by atoms with Gasteiger partial charge < -0.3 is 5.73 Å². The zero-order chi connectivity index (χ0) is 12.4. The van der Waals surface area contributed by atoms with E-state index >= 15 is 0 Å². The van der Waals surface area contributed by atoms with Crippen molar-refractivity contribution in [1.29, 1.82) is 0 Å². The zero-order valence-electron chi connectivity index (χ0n) is 9.37. The minimum atomic E-state index is -0.00795. The van der Waals surface area contributed by atoms with Crippen LogP contribution in [0, 0.1) is 0 Å². The Kier molecular flexibility index (Phi) is 4.03. The summed E-state index contributed by atoms with van der Waals surface area (Å²) in [5, 5.41) is 12.2. The average molecular weight is 290 g/mol. The summed E-state index contributed by atoms with van der Waals surface area (Å²) >= 11 is 9.03. The predicted molar refractivity (Wildman–Crippen MR) is 70.4 cm³/mol. The van der Waals surface area contributed by atoms with Gasteiger partial charge in [-0.05, 0) is 29.5 Å². The summed E-state index contributed by atoms with van der Waals surface area (Å²) in [5.74, 6) is 0. The van der Waals surface area contributed by atoms with Gasteiger partial charge in [-0.15, -0.1) is 16.4 Å². The minimum Gasteiger partial charge on any atom is -0.327 e. The number of hydrogen-bond donors (Lipinski definition) is 1. The van der Waals surface area contributed by atoms with Crippen LogP contribution in [0.2, 0.25) is 4.34 Å². The van der Waals surface area contributed by atoms with Gasteiger partial charge in [0.1, 0.15) is 0 Å². The van der Waals surface area contributed by atoms with Gasteiger partial charge in [0.05, 0.1) is 9.59 Å². The van der Waals surface area contributed by atoms with Gasteiger partial charge in [-0.1, -0.05) is 23.4 Å². The molecule has 0 radical (unpaired) electrons. The Hall–Kier alpha value is -0.630. The molecule has 2 unspecified atom stereocenters. The summed E-state index contributed by atoms with van der Waals surface area (Å²) in [5.41, 5.74) is 6.01. The molecule has 0 saturated heterocycles. The van der Waals surface area contributed by atoms with E-state index in [-0.39, 0.29) is 11.3 Å². The largest absolute Gasteiger partial charge is 0.327 e. The van der Waals surface area contributed by atoms with Crippen LogP contribution in [0.1, 0.15) is 17.1 Å². The number of nitrogens with two attached hydrogens (primary N) is 1. The lowest BCUT2D eigenvalue weighted by Crippen LogP contribution is -2.22. The molecule has 8 heteroatoms. The first-order chi connectivity index (χ1) is 8.08. The van der Waals surface area contributed by atoms with Crippen LogP contribution in [0.25, 0.3) is 0 Å². The highest BCUT2D eigenvalue weighted by atomic mass is 35.5. The average Bonchev–Trinajstić information content (AvgIpc) is 2.84. The lowest BCUT2D eigenvalue weighted by molar-refractivity contribution is 0.658. The number of rotatable bonds is 4. The fourth-order valence-corrected chi connectivity index (χ4v) is 3.70. The highest BCUT2D eigenvalue weighted by molar-refractivity contribution is 7.99. The normalized spacial score (nSPS) is 14.8. The molecule has 0 bridgehead atoms. The number of aryl methyl sites for hydroxylation is 1. The first kappa shape index (κ1) is 12.8. The van der Waals surface area contributed by atoms with Crippen molar-refractivity contribution in [3.63, 3.8) is 0 Å². The molecule has 0 amide bonds. The van der Waals surface area contributed by atoms with E-state index in [1.807, 2.05) is 26.1 Å². The van der Waals surface area contributed by atoms with E-state index in [0.717, 1.165) is 14.4 Å². The van der Waals surface area contributed by atoms with E-state index in [1.54, 1.807) is 16.4 Å². The Morgan fingerprint density at radius 1 is 1.53 bits per heavy atom. The number of thioether (sulfide) groups is 1. The summed E-state index contributed by atoms with van der Waals surface area (Å²) in [6, 6.07) is 3.87. The van der Waals surface area contributed by atoms with Crippen LogP contribution in [0.3, 0.4) is 0 Å². The van der Waals surface area contributed by atoms with Crippen LogP contribution in [0.4, 0.5) is 0 Å². The van der Waals surface area contributed by atoms with Gasteiger partial charge in [0, 0.05) is 18.0 Å². The van der Waals surface area contributed by atoms with Crippen molar-refractivity contribution < 1.29 is 0 Å². The number of hydrogen-bond acceptors (Lipinski definition) is 6.